The van der Waals surface area contributed by atoms with E-state index in [1.165, 1.54) is 20.1 Å². The van der Waals surface area contributed by atoms with Crippen LogP contribution in [0.15, 0.2) is 34.2 Å². The minimum absolute atomic E-state index is 0.160. The Bertz CT molecular complexity index is 639. The van der Waals surface area contributed by atoms with Crippen LogP contribution in [0.2, 0.25) is 0 Å². The summed E-state index contributed by atoms with van der Waals surface area (Å²) in [5, 5.41) is 0. The molecule has 7 nitrogen and oxygen atoms in total. The molecular weight excluding hydrogens is 270 g/mol. The standard InChI is InChI=1S/C11H13N3O4S/c1-7(11(15)13-18-2)12-10-8-5-3-4-6-9(8)19(16,17)14-10/h3-7H,1-2H3,(H,12,14)(H,13,15)/t7-/m1/s1. The first-order valence-electron chi connectivity index (χ1n) is 5.48. The van der Waals surface area contributed by atoms with Gasteiger partial charge in [-0.25, -0.2) is 13.9 Å². The van der Waals surface area contributed by atoms with Crippen LogP contribution >= 0.6 is 0 Å². The molecule has 0 spiro atoms. The van der Waals surface area contributed by atoms with Gasteiger partial charge in [-0.3, -0.25) is 19.3 Å². The summed E-state index contributed by atoms with van der Waals surface area (Å²) in [6.07, 6.45) is 0. The molecule has 1 atom stereocenters. The van der Waals surface area contributed by atoms with E-state index in [0.717, 1.165) is 0 Å². The lowest BCUT2D eigenvalue weighted by atomic mass is 10.2. The van der Waals surface area contributed by atoms with Gasteiger partial charge in [-0.05, 0) is 19.1 Å². The van der Waals surface area contributed by atoms with E-state index in [0.29, 0.717) is 5.56 Å². The third kappa shape index (κ3) is 2.59. The van der Waals surface area contributed by atoms with Crippen molar-refractivity contribution in [1.29, 1.82) is 0 Å². The van der Waals surface area contributed by atoms with Crippen LogP contribution in [0.5, 0.6) is 0 Å². The van der Waals surface area contributed by atoms with E-state index in [2.05, 4.69) is 20.0 Å². The van der Waals surface area contributed by atoms with Crippen molar-refractivity contribution in [3.63, 3.8) is 0 Å². The van der Waals surface area contributed by atoms with Crippen molar-refractivity contribution in [2.45, 2.75) is 17.9 Å². The van der Waals surface area contributed by atoms with Crippen LogP contribution in [-0.2, 0) is 19.7 Å². The molecule has 2 N–H and O–H groups in total. The summed E-state index contributed by atoms with van der Waals surface area (Å²) in [5.41, 5.74) is 2.60. The highest BCUT2D eigenvalue weighted by Gasteiger charge is 2.31. The fourth-order valence-electron chi connectivity index (χ4n) is 1.67. The first-order chi connectivity index (χ1) is 8.95. The van der Waals surface area contributed by atoms with Crippen LogP contribution in [0.3, 0.4) is 0 Å². The Hall–Kier alpha value is -1.93. The van der Waals surface area contributed by atoms with E-state index in [4.69, 9.17) is 0 Å². The maximum atomic E-state index is 11.8. The predicted octanol–water partition coefficient (Wildman–Crippen LogP) is -0.209. The largest absolute Gasteiger partial charge is 0.277 e. The maximum Gasteiger partial charge on any atom is 0.268 e. The lowest BCUT2D eigenvalue weighted by Gasteiger charge is -2.07. The Morgan fingerprint density at radius 1 is 1.42 bits per heavy atom. The zero-order valence-corrected chi connectivity index (χ0v) is 11.2. The van der Waals surface area contributed by atoms with E-state index in [9.17, 15) is 13.2 Å². The van der Waals surface area contributed by atoms with Crippen molar-refractivity contribution < 1.29 is 18.0 Å². The van der Waals surface area contributed by atoms with Crippen molar-refractivity contribution in [1.82, 2.24) is 10.2 Å². The predicted molar refractivity (Wildman–Crippen MR) is 67.9 cm³/mol. The van der Waals surface area contributed by atoms with Gasteiger partial charge in [0.15, 0.2) is 0 Å². The number of hydrogen-bond acceptors (Lipinski definition) is 5. The van der Waals surface area contributed by atoms with Crippen molar-refractivity contribution in [3.05, 3.63) is 29.8 Å². The zero-order chi connectivity index (χ0) is 14.0. The van der Waals surface area contributed by atoms with Gasteiger partial charge in [0.2, 0.25) is 0 Å². The molecule has 0 saturated carbocycles. The average molecular weight is 283 g/mol. The summed E-state index contributed by atoms with van der Waals surface area (Å²) in [6.45, 7) is 1.54. The number of nitrogens with one attached hydrogen (secondary N) is 2. The molecule has 0 radical (unpaired) electrons. The number of nitrogens with zero attached hydrogens (tertiary/aromatic N) is 1. The van der Waals surface area contributed by atoms with Crippen molar-refractivity contribution in [2.75, 3.05) is 7.11 Å². The molecule has 8 heteroatoms. The highest BCUT2D eigenvalue weighted by molar-refractivity contribution is 7.90. The van der Waals surface area contributed by atoms with Crippen molar-refractivity contribution in [2.24, 2.45) is 4.99 Å². The molecule has 0 fully saturated rings. The molecule has 1 aliphatic heterocycles. The van der Waals surface area contributed by atoms with E-state index in [-0.39, 0.29) is 10.7 Å². The van der Waals surface area contributed by atoms with E-state index in [1.54, 1.807) is 18.2 Å². The van der Waals surface area contributed by atoms with Crippen molar-refractivity contribution >= 4 is 21.8 Å². The minimum Gasteiger partial charge on any atom is -0.277 e. The fourth-order valence-corrected chi connectivity index (χ4v) is 2.91. The van der Waals surface area contributed by atoms with E-state index >= 15 is 0 Å². The molecule has 2 rings (SSSR count). The molecule has 0 saturated heterocycles. The van der Waals surface area contributed by atoms with Crippen LogP contribution in [-0.4, -0.2) is 33.3 Å². The lowest BCUT2D eigenvalue weighted by molar-refractivity contribution is -0.132. The number of sulfonamides is 1. The quantitative estimate of drug-likeness (QED) is 0.750. The second-order valence-corrected chi connectivity index (χ2v) is 5.58. The Balaban J connectivity index is 2.36. The van der Waals surface area contributed by atoms with Crippen LogP contribution in [0.25, 0.3) is 0 Å². The van der Waals surface area contributed by atoms with Gasteiger partial charge in [0, 0.05) is 5.56 Å². The van der Waals surface area contributed by atoms with Gasteiger partial charge < -0.3 is 0 Å². The summed E-state index contributed by atoms with van der Waals surface area (Å²) >= 11 is 0. The summed E-state index contributed by atoms with van der Waals surface area (Å²) in [4.78, 5) is 20.2. The average Bonchev–Trinajstić information content (AvgIpc) is 2.62. The Morgan fingerprint density at radius 3 is 2.79 bits per heavy atom. The Kier molecular flexibility index (Phi) is 3.54. The van der Waals surface area contributed by atoms with Gasteiger partial charge in [-0.15, -0.1) is 0 Å². The molecule has 0 aliphatic carbocycles. The third-order valence-electron chi connectivity index (χ3n) is 2.57. The Morgan fingerprint density at radius 2 is 2.11 bits per heavy atom. The van der Waals surface area contributed by atoms with Crippen LogP contribution in [0.4, 0.5) is 0 Å². The Labute approximate surface area is 110 Å². The second kappa shape index (κ2) is 4.98. The molecule has 0 bridgehead atoms. The summed E-state index contributed by atoms with van der Waals surface area (Å²) in [7, 11) is -2.27. The normalized spacial score (nSPS) is 19.6. The molecular formula is C11H13N3O4S. The van der Waals surface area contributed by atoms with Gasteiger partial charge in [0.1, 0.15) is 11.9 Å². The molecule has 1 aromatic carbocycles. The van der Waals surface area contributed by atoms with E-state index < -0.39 is 22.0 Å². The molecule has 1 aliphatic rings. The molecule has 1 aromatic rings. The molecule has 0 aromatic heterocycles. The zero-order valence-electron chi connectivity index (χ0n) is 10.4. The van der Waals surface area contributed by atoms with Gasteiger partial charge in [-0.1, -0.05) is 12.1 Å². The number of fused-ring (bicyclic) bond motifs is 1. The smallest absolute Gasteiger partial charge is 0.268 e. The monoisotopic (exact) mass is 283 g/mol. The minimum atomic E-state index is -3.58. The van der Waals surface area contributed by atoms with Crippen LogP contribution < -0.4 is 10.2 Å². The first kappa shape index (κ1) is 13.5. The molecule has 1 amide bonds. The molecule has 1 heterocycles. The first-order valence-corrected chi connectivity index (χ1v) is 6.97. The number of hydroxylamine groups is 1. The molecule has 0 unspecified atom stereocenters. The third-order valence-corrected chi connectivity index (χ3v) is 3.96. The SMILES string of the molecule is CONC(=O)[C@@H](C)N=C1NS(=O)(=O)c2ccccc21. The fraction of sp³-hybridized carbons (Fsp3) is 0.273. The summed E-state index contributed by atoms with van der Waals surface area (Å²) < 4.78 is 26.0. The highest BCUT2D eigenvalue weighted by atomic mass is 32.2. The molecule has 19 heavy (non-hydrogen) atoms. The van der Waals surface area contributed by atoms with Gasteiger partial charge in [0.05, 0.1) is 12.0 Å². The highest BCUT2D eigenvalue weighted by Crippen LogP contribution is 2.22. The van der Waals surface area contributed by atoms with Gasteiger partial charge >= 0.3 is 0 Å². The summed E-state index contributed by atoms with van der Waals surface area (Å²) in [6, 6.07) is 5.68. The number of carbonyl (C=O) groups is 1. The number of hydrogen-bond donors (Lipinski definition) is 2. The topological polar surface area (TPSA) is 96.9 Å². The second-order valence-electron chi connectivity index (χ2n) is 3.93. The lowest BCUT2D eigenvalue weighted by Crippen LogP contribution is -2.33. The van der Waals surface area contributed by atoms with Crippen molar-refractivity contribution in [3.8, 4) is 0 Å². The summed E-state index contributed by atoms with van der Waals surface area (Å²) in [5.74, 6) is -0.298. The molecule has 102 valence electrons. The van der Waals surface area contributed by atoms with Crippen LogP contribution in [0, 0.1) is 0 Å². The number of amides is 1. The van der Waals surface area contributed by atoms with Gasteiger partial charge in [0.25, 0.3) is 15.9 Å². The number of amidine groups is 1. The van der Waals surface area contributed by atoms with Gasteiger partial charge in [-0.2, -0.15) is 0 Å². The maximum absolute atomic E-state index is 11.8. The number of aliphatic imine (C=N–C) groups is 1. The van der Waals surface area contributed by atoms with E-state index in [1.807, 2.05) is 0 Å². The van der Waals surface area contributed by atoms with Crippen LogP contribution in [0.1, 0.15) is 12.5 Å². The number of rotatable bonds is 3. The number of carbonyl (C=O) groups excluding carboxylic acids is 1. The number of benzene rings is 1.